The Morgan fingerprint density at radius 1 is 1.42 bits per heavy atom. The van der Waals surface area contributed by atoms with E-state index in [9.17, 15) is 0 Å². The van der Waals surface area contributed by atoms with Crippen molar-refractivity contribution in [3.63, 3.8) is 0 Å². The lowest BCUT2D eigenvalue weighted by Gasteiger charge is -2.47. The van der Waals surface area contributed by atoms with E-state index in [1.54, 1.807) is 0 Å². The van der Waals surface area contributed by atoms with Crippen LogP contribution in [-0.4, -0.2) is 24.7 Å². The van der Waals surface area contributed by atoms with E-state index in [4.69, 9.17) is 14.9 Å². The molecule has 0 saturated carbocycles. The van der Waals surface area contributed by atoms with Crippen molar-refractivity contribution in [3.05, 3.63) is 29.7 Å². The zero-order chi connectivity index (χ0) is 13.5. The third kappa shape index (κ3) is 1.86. The smallest absolute Gasteiger partial charge is 0.192 e. The van der Waals surface area contributed by atoms with Gasteiger partial charge in [0, 0.05) is 12.3 Å². The predicted octanol–water partition coefficient (Wildman–Crippen LogP) is 2.39. The molecule has 1 aliphatic heterocycles. The molecule has 1 aliphatic rings. The minimum Gasteiger partial charge on any atom is -0.441 e. The first-order valence-electron chi connectivity index (χ1n) is 6.85. The highest BCUT2D eigenvalue weighted by Gasteiger charge is 2.45. The second-order valence-electron chi connectivity index (χ2n) is 5.41. The van der Waals surface area contributed by atoms with E-state index in [1.807, 2.05) is 13.0 Å². The Morgan fingerprint density at radius 3 is 2.79 bits per heavy atom. The molecule has 19 heavy (non-hydrogen) atoms. The summed E-state index contributed by atoms with van der Waals surface area (Å²) in [6, 6.07) is 6.28. The van der Waals surface area contributed by atoms with Gasteiger partial charge >= 0.3 is 0 Å². The molecule has 3 rings (SSSR count). The topological polar surface area (TPSA) is 61.3 Å². The number of rotatable bonds is 4. The van der Waals surface area contributed by atoms with E-state index >= 15 is 0 Å². The Morgan fingerprint density at radius 2 is 2.21 bits per heavy atom. The van der Waals surface area contributed by atoms with Crippen LogP contribution in [0, 0.1) is 12.8 Å². The van der Waals surface area contributed by atoms with Crippen LogP contribution in [0.25, 0.3) is 11.1 Å². The number of aromatic nitrogens is 1. The standard InChI is InChI=1S/C15H20N2O2/c1-3-11(7-16)15(8-18-9-15)12-4-5-13-14(6-12)19-10(2)17-13/h4-6,11H,3,7-9,16H2,1-2H3. The fraction of sp³-hybridized carbons (Fsp3) is 0.533. The van der Waals surface area contributed by atoms with E-state index in [2.05, 4.69) is 24.0 Å². The Labute approximate surface area is 112 Å². The molecular weight excluding hydrogens is 240 g/mol. The predicted molar refractivity (Wildman–Crippen MR) is 74.1 cm³/mol. The van der Waals surface area contributed by atoms with Crippen LogP contribution in [0.3, 0.4) is 0 Å². The molecule has 1 fully saturated rings. The van der Waals surface area contributed by atoms with Crippen molar-refractivity contribution >= 4 is 11.1 Å². The summed E-state index contributed by atoms with van der Waals surface area (Å²) >= 11 is 0. The third-order valence-electron chi connectivity index (χ3n) is 4.35. The maximum absolute atomic E-state index is 5.94. The molecule has 102 valence electrons. The molecule has 0 amide bonds. The van der Waals surface area contributed by atoms with Crippen molar-refractivity contribution in [1.29, 1.82) is 0 Å². The number of benzene rings is 1. The molecule has 1 aromatic heterocycles. The SMILES string of the molecule is CCC(CN)C1(c2ccc3nc(C)oc3c2)COC1. The summed E-state index contributed by atoms with van der Waals surface area (Å²) in [5, 5.41) is 0. The van der Waals surface area contributed by atoms with Crippen LogP contribution < -0.4 is 5.73 Å². The zero-order valence-corrected chi connectivity index (χ0v) is 11.5. The van der Waals surface area contributed by atoms with Crippen LogP contribution >= 0.6 is 0 Å². The van der Waals surface area contributed by atoms with E-state index in [1.165, 1.54) is 5.56 Å². The largest absolute Gasteiger partial charge is 0.441 e. The summed E-state index contributed by atoms with van der Waals surface area (Å²) in [5.41, 5.74) is 9.03. The average Bonchev–Trinajstić information content (AvgIpc) is 2.72. The van der Waals surface area contributed by atoms with Crippen LogP contribution in [0.1, 0.15) is 24.8 Å². The van der Waals surface area contributed by atoms with Crippen molar-refractivity contribution in [2.24, 2.45) is 11.7 Å². The van der Waals surface area contributed by atoms with Crippen molar-refractivity contribution in [2.75, 3.05) is 19.8 Å². The molecule has 2 heterocycles. The van der Waals surface area contributed by atoms with Crippen LogP contribution in [0.2, 0.25) is 0 Å². The normalized spacial score (nSPS) is 19.3. The van der Waals surface area contributed by atoms with Gasteiger partial charge in [-0.15, -0.1) is 0 Å². The van der Waals surface area contributed by atoms with Gasteiger partial charge in [-0.25, -0.2) is 4.98 Å². The first-order valence-corrected chi connectivity index (χ1v) is 6.85. The van der Waals surface area contributed by atoms with Gasteiger partial charge in [0.05, 0.1) is 13.2 Å². The number of oxazole rings is 1. The summed E-state index contributed by atoms with van der Waals surface area (Å²) in [6.07, 6.45) is 1.06. The molecular formula is C15H20N2O2. The van der Waals surface area contributed by atoms with Gasteiger partial charge in [0.2, 0.25) is 0 Å². The second-order valence-corrected chi connectivity index (χ2v) is 5.41. The minimum atomic E-state index is 0.0540. The van der Waals surface area contributed by atoms with Gasteiger partial charge < -0.3 is 14.9 Å². The Balaban J connectivity index is 2.05. The first kappa shape index (κ1) is 12.6. The summed E-state index contributed by atoms with van der Waals surface area (Å²) < 4.78 is 11.1. The van der Waals surface area contributed by atoms with Crippen LogP contribution in [0.4, 0.5) is 0 Å². The van der Waals surface area contributed by atoms with Gasteiger partial charge in [0.15, 0.2) is 11.5 Å². The lowest BCUT2D eigenvalue weighted by Crippen LogP contribution is -2.54. The number of fused-ring (bicyclic) bond motifs is 1. The molecule has 4 nitrogen and oxygen atoms in total. The molecule has 0 radical (unpaired) electrons. The highest BCUT2D eigenvalue weighted by Crippen LogP contribution is 2.41. The first-order chi connectivity index (χ1) is 9.19. The fourth-order valence-corrected chi connectivity index (χ4v) is 3.09. The van der Waals surface area contributed by atoms with Gasteiger partial charge in [0.1, 0.15) is 5.52 Å². The molecule has 1 saturated heterocycles. The van der Waals surface area contributed by atoms with E-state index in [0.29, 0.717) is 18.4 Å². The summed E-state index contributed by atoms with van der Waals surface area (Å²) in [4.78, 5) is 4.34. The number of hydrogen-bond acceptors (Lipinski definition) is 4. The van der Waals surface area contributed by atoms with Gasteiger partial charge in [-0.05, 0) is 30.2 Å². The lowest BCUT2D eigenvalue weighted by atomic mass is 9.67. The number of aryl methyl sites for hydroxylation is 1. The Kier molecular flexibility index (Phi) is 3.07. The second kappa shape index (κ2) is 4.62. The Hall–Kier alpha value is -1.39. The molecule has 0 aliphatic carbocycles. The van der Waals surface area contributed by atoms with Crippen LogP contribution in [-0.2, 0) is 10.2 Å². The molecule has 2 aromatic rings. The molecule has 2 N–H and O–H groups in total. The van der Waals surface area contributed by atoms with Crippen molar-refractivity contribution < 1.29 is 9.15 Å². The monoisotopic (exact) mass is 260 g/mol. The summed E-state index contributed by atoms with van der Waals surface area (Å²) in [7, 11) is 0. The highest BCUT2D eigenvalue weighted by atomic mass is 16.5. The average molecular weight is 260 g/mol. The quantitative estimate of drug-likeness (QED) is 0.917. The van der Waals surface area contributed by atoms with Gasteiger partial charge in [-0.2, -0.15) is 0 Å². The molecule has 4 heteroatoms. The summed E-state index contributed by atoms with van der Waals surface area (Å²) in [5.74, 6) is 1.15. The molecule has 1 aromatic carbocycles. The van der Waals surface area contributed by atoms with Gasteiger partial charge in [0.25, 0.3) is 0 Å². The van der Waals surface area contributed by atoms with Crippen molar-refractivity contribution in [1.82, 2.24) is 4.98 Å². The molecule has 0 bridgehead atoms. The fourth-order valence-electron chi connectivity index (χ4n) is 3.09. The number of ether oxygens (including phenoxy) is 1. The molecule has 0 spiro atoms. The van der Waals surface area contributed by atoms with E-state index < -0.39 is 0 Å². The van der Waals surface area contributed by atoms with E-state index in [-0.39, 0.29) is 5.41 Å². The van der Waals surface area contributed by atoms with E-state index in [0.717, 1.165) is 30.7 Å². The number of hydrogen-bond donors (Lipinski definition) is 1. The highest BCUT2D eigenvalue weighted by molar-refractivity contribution is 5.74. The van der Waals surface area contributed by atoms with Gasteiger partial charge in [-0.3, -0.25) is 0 Å². The maximum atomic E-state index is 5.94. The van der Waals surface area contributed by atoms with Gasteiger partial charge in [-0.1, -0.05) is 19.4 Å². The molecule has 1 unspecified atom stereocenters. The number of nitrogens with two attached hydrogens (primary N) is 1. The third-order valence-corrected chi connectivity index (χ3v) is 4.35. The minimum absolute atomic E-state index is 0.0540. The molecule has 1 atom stereocenters. The van der Waals surface area contributed by atoms with Crippen molar-refractivity contribution in [2.45, 2.75) is 25.7 Å². The Bertz CT molecular complexity index is 583. The zero-order valence-electron chi connectivity index (χ0n) is 11.5. The maximum Gasteiger partial charge on any atom is 0.192 e. The summed E-state index contributed by atoms with van der Waals surface area (Å²) in [6.45, 7) is 6.25. The van der Waals surface area contributed by atoms with Crippen LogP contribution in [0.15, 0.2) is 22.6 Å². The number of nitrogens with zero attached hydrogens (tertiary/aromatic N) is 1. The lowest BCUT2D eigenvalue weighted by molar-refractivity contribution is -0.0897. The van der Waals surface area contributed by atoms with Crippen LogP contribution in [0.5, 0.6) is 0 Å². The van der Waals surface area contributed by atoms with Crippen molar-refractivity contribution in [3.8, 4) is 0 Å².